The van der Waals surface area contributed by atoms with E-state index in [-0.39, 0.29) is 0 Å². The van der Waals surface area contributed by atoms with Crippen LogP contribution in [-0.2, 0) is 7.05 Å². The topological polar surface area (TPSA) is 368 Å². The molecule has 29 heteroatoms. The third kappa shape index (κ3) is 54.0. The standard InChI is InChI=1S/C8H10.2C7H9N.4C6H8N2.C5H8N2.4C5H7NO.3C4H6N2O/c1-7-3-5-8(2)6-4-7;2*1-6-3-4-7(2)8-5-6;1-5-3-8-6(2)4-7-5;2*1-5-3-7-6(2)8-4-5;1-5-3-4-6(2)8-7-5;1-5-3-7(2)4-6-5;1-4-3-7-5(2)6-4;1-4-3-6-5(2)7-4;2*1-4-3-5(2)7-6-4;1-3-5-6-4(2)7-3;2*1-3-5-4(2)7-6-3/h3-6H,1-2H3;2*3-5H,1-2H3;4*3-4H,1-2H3;3-4H,1-2H3;4*3H,1-2H3;3*1-2H3. The van der Waals surface area contributed by atoms with Crippen LogP contribution < -0.4 is 0 Å². The van der Waals surface area contributed by atoms with E-state index in [1.165, 1.54) is 22.3 Å². The molecule has 0 radical (unpaired) electrons. The molecule has 15 aromatic rings. The molecule has 598 valence electrons. The van der Waals surface area contributed by atoms with Crippen molar-refractivity contribution < 1.29 is 31.3 Å². The molecule has 0 aliphatic rings. The minimum Gasteiger partial charge on any atom is -0.449 e. The Balaban J connectivity index is 0.000000600. The van der Waals surface area contributed by atoms with Gasteiger partial charge >= 0.3 is 0 Å². The van der Waals surface area contributed by atoms with Gasteiger partial charge in [-0.05, 0) is 206 Å². The highest BCUT2D eigenvalue weighted by Gasteiger charge is 1.95. The fraction of sp³-hybridized carbons (Fsp3) is 0.361. The summed E-state index contributed by atoms with van der Waals surface area (Å²) >= 11 is 0. The number of oxazole rings is 2. The summed E-state index contributed by atoms with van der Waals surface area (Å²) in [6, 6.07) is 24.3. The maximum atomic E-state index is 4.97. The molecule has 0 atom stereocenters. The van der Waals surface area contributed by atoms with Crippen LogP contribution >= 0.6 is 0 Å². The Morgan fingerprint density at radius 1 is 0.241 bits per heavy atom. The van der Waals surface area contributed by atoms with Crippen molar-refractivity contribution in [3.8, 4) is 0 Å². The van der Waals surface area contributed by atoms with Crippen LogP contribution in [0.5, 0.6) is 0 Å². The number of aromatic nitrogens is 22. The minimum absolute atomic E-state index is 0.623. The number of nitrogens with zero attached hydrogens (tertiary/aromatic N) is 22. The predicted molar refractivity (Wildman–Crippen MR) is 433 cm³/mol. The van der Waals surface area contributed by atoms with Gasteiger partial charge in [0.2, 0.25) is 23.6 Å². The largest absolute Gasteiger partial charge is 0.449 e. The zero-order valence-electron chi connectivity index (χ0n) is 71.1. The van der Waals surface area contributed by atoms with Gasteiger partial charge in [0.05, 0.1) is 58.1 Å². The fourth-order valence-corrected chi connectivity index (χ4v) is 7.22. The van der Waals surface area contributed by atoms with Crippen molar-refractivity contribution in [2.45, 2.75) is 201 Å². The second-order valence-electron chi connectivity index (χ2n) is 25.2. The molecule has 0 fully saturated rings. The van der Waals surface area contributed by atoms with Gasteiger partial charge in [-0.2, -0.15) is 20.2 Å². The van der Waals surface area contributed by atoms with Crippen LogP contribution in [0, 0.1) is 201 Å². The van der Waals surface area contributed by atoms with Gasteiger partial charge in [-0.25, -0.2) is 34.9 Å². The lowest BCUT2D eigenvalue weighted by Gasteiger charge is -1.90. The number of benzene rings is 1. The average molecular weight is 1530 g/mol. The van der Waals surface area contributed by atoms with E-state index in [0.29, 0.717) is 35.2 Å². The highest BCUT2D eigenvalue weighted by Crippen LogP contribution is 2.03. The molecule has 29 nitrogen and oxygen atoms in total. The lowest BCUT2D eigenvalue weighted by molar-refractivity contribution is 0.389. The lowest BCUT2D eigenvalue weighted by atomic mass is 10.2. The summed E-state index contributed by atoms with van der Waals surface area (Å²) in [5, 5.41) is 29.2. The van der Waals surface area contributed by atoms with Crippen LogP contribution in [0.15, 0.2) is 179 Å². The van der Waals surface area contributed by atoms with Crippen molar-refractivity contribution in [2.24, 2.45) is 7.05 Å². The van der Waals surface area contributed by atoms with Crippen molar-refractivity contribution in [3.63, 3.8) is 0 Å². The molecule has 0 amide bonds. The van der Waals surface area contributed by atoms with Gasteiger partial charge in [0.1, 0.15) is 35.2 Å². The van der Waals surface area contributed by atoms with Crippen LogP contribution in [-0.4, -0.2) is 110 Å². The Bertz CT molecular complexity index is 3640. The molecular weight excluding hydrogens is 1420 g/mol. The monoisotopic (exact) mass is 1530 g/mol. The molecule has 0 unspecified atom stereocenters. The zero-order chi connectivity index (χ0) is 84.1. The highest BCUT2D eigenvalue weighted by atomic mass is 16.5. The van der Waals surface area contributed by atoms with Crippen molar-refractivity contribution in [1.29, 1.82) is 0 Å². The van der Waals surface area contributed by atoms with Gasteiger partial charge in [0.15, 0.2) is 23.4 Å². The maximum absolute atomic E-state index is 4.97. The molecule has 0 bridgehead atoms. The Morgan fingerprint density at radius 3 is 0.777 bits per heavy atom. The van der Waals surface area contributed by atoms with Crippen molar-refractivity contribution in [2.75, 3.05) is 0 Å². The van der Waals surface area contributed by atoms with E-state index in [1.807, 2.05) is 237 Å². The molecule has 1 aromatic carbocycles. The van der Waals surface area contributed by atoms with Crippen molar-refractivity contribution in [3.05, 3.63) is 314 Å². The van der Waals surface area contributed by atoms with E-state index < -0.39 is 0 Å². The number of aryl methyl sites for hydroxylation is 30. The van der Waals surface area contributed by atoms with Crippen LogP contribution in [0.4, 0.5) is 0 Å². The normalized spacial score (nSPS) is 9.34. The van der Waals surface area contributed by atoms with E-state index in [1.54, 1.807) is 72.7 Å². The van der Waals surface area contributed by atoms with Gasteiger partial charge in [0.25, 0.3) is 0 Å². The zero-order valence-corrected chi connectivity index (χ0v) is 71.1. The first-order valence-electron chi connectivity index (χ1n) is 35.5. The molecule has 0 N–H and O–H groups in total. The van der Waals surface area contributed by atoms with E-state index >= 15 is 0 Å². The van der Waals surface area contributed by atoms with E-state index in [0.717, 1.165) is 109 Å². The van der Waals surface area contributed by atoms with Crippen LogP contribution in [0.25, 0.3) is 0 Å². The maximum Gasteiger partial charge on any atom is 0.223 e. The summed E-state index contributed by atoms with van der Waals surface area (Å²) in [4.78, 5) is 51.5. The molecule has 15 rings (SSSR count). The van der Waals surface area contributed by atoms with E-state index in [2.05, 4.69) is 165 Å². The first-order chi connectivity index (χ1) is 52.8. The number of imidazole rings is 1. The summed E-state index contributed by atoms with van der Waals surface area (Å²) < 4.78 is 35.2. The molecule has 0 saturated heterocycles. The van der Waals surface area contributed by atoms with Gasteiger partial charge < -0.3 is 35.9 Å². The molecule has 0 aliphatic carbocycles. The molecule has 14 aromatic heterocycles. The van der Waals surface area contributed by atoms with Crippen LogP contribution in [0.2, 0.25) is 0 Å². The van der Waals surface area contributed by atoms with Gasteiger partial charge in [-0.15, -0.1) is 10.2 Å². The second-order valence-corrected chi connectivity index (χ2v) is 25.2. The third-order valence-corrected chi connectivity index (χ3v) is 12.7. The first kappa shape index (κ1) is 97.3. The fourth-order valence-electron chi connectivity index (χ4n) is 7.22. The first-order valence-corrected chi connectivity index (χ1v) is 35.5. The minimum atomic E-state index is 0.623. The summed E-state index contributed by atoms with van der Waals surface area (Å²) in [6.45, 7) is 55.2. The van der Waals surface area contributed by atoms with Crippen LogP contribution in [0.3, 0.4) is 0 Å². The molecule has 0 saturated carbocycles. The SMILES string of the molecule is Cc1cc(C)on1.Cc1cc(C)on1.Cc1ccc(C)cc1.Cc1ccc(C)nc1.Cc1ccc(C)nc1.Cc1ccc(C)nn1.Cc1cn(C)cn1.Cc1cnc(C)cn1.Cc1cnc(C)nc1.Cc1cnc(C)nc1.Cc1cnc(C)o1.Cc1coc(C)n1.Cc1nnc(C)o1.Cc1noc(C)n1.Cc1noc(C)n1. The molecule has 112 heavy (non-hydrogen) atoms. The summed E-state index contributed by atoms with van der Waals surface area (Å²) in [5.41, 5.74) is 17.2. The summed E-state index contributed by atoms with van der Waals surface area (Å²) in [5.74, 6) is 9.62. The smallest absolute Gasteiger partial charge is 0.223 e. The van der Waals surface area contributed by atoms with Gasteiger partial charge in [-0.1, -0.05) is 68.2 Å². The Morgan fingerprint density at radius 2 is 0.616 bits per heavy atom. The predicted octanol–water partition coefficient (Wildman–Crippen LogP) is 18.0. The highest BCUT2D eigenvalue weighted by molar-refractivity contribution is 5.19. The molecule has 0 aliphatic heterocycles. The van der Waals surface area contributed by atoms with Crippen molar-refractivity contribution >= 4 is 0 Å². The molecule has 14 heterocycles. The third-order valence-electron chi connectivity index (χ3n) is 12.7. The Kier molecular flexibility index (Phi) is 48.4. The van der Waals surface area contributed by atoms with Crippen molar-refractivity contribution in [1.82, 2.24) is 110 Å². The number of hydrogen-bond acceptors (Lipinski definition) is 28. The quantitative estimate of drug-likeness (QED) is 0.136. The van der Waals surface area contributed by atoms with E-state index in [9.17, 15) is 0 Å². The number of rotatable bonds is 0. The molecular formula is C83H114N22O7. The summed E-state index contributed by atoms with van der Waals surface area (Å²) in [7, 11) is 1.96. The van der Waals surface area contributed by atoms with E-state index in [4.69, 9.17) is 22.3 Å². The van der Waals surface area contributed by atoms with Gasteiger partial charge in [0, 0.05) is 128 Å². The second kappa shape index (κ2) is 55.7. The lowest BCUT2D eigenvalue weighted by Crippen LogP contribution is -1.86. The number of hydrogen-bond donors (Lipinski definition) is 0. The number of pyridine rings is 2. The molecule has 0 spiro atoms. The van der Waals surface area contributed by atoms with Gasteiger partial charge in [-0.3, -0.25) is 19.9 Å². The Labute approximate surface area is 660 Å². The Hall–Kier alpha value is -12.7. The summed E-state index contributed by atoms with van der Waals surface area (Å²) in [6.07, 6.45) is 21.6. The average Bonchev–Trinajstić information content (AvgIpc) is 1.82. The van der Waals surface area contributed by atoms with Crippen LogP contribution in [0.1, 0.15) is 166 Å².